The zero-order valence-corrected chi connectivity index (χ0v) is 20.2. The molecule has 5 unspecified atom stereocenters. The van der Waals surface area contributed by atoms with Crippen LogP contribution in [0.15, 0.2) is 0 Å². The van der Waals surface area contributed by atoms with Crippen molar-refractivity contribution in [2.45, 2.75) is 123 Å². The summed E-state index contributed by atoms with van der Waals surface area (Å²) in [5.74, 6) is 4.13. The molecule has 4 rings (SSSR count). The molecule has 0 aromatic heterocycles. The fraction of sp³-hybridized carbons (Fsp3) is 1.00. The van der Waals surface area contributed by atoms with E-state index in [-0.39, 0.29) is 5.41 Å². The van der Waals surface area contributed by atoms with E-state index in [1.165, 1.54) is 44.9 Å². The highest BCUT2D eigenvalue weighted by atomic mass is 16.3. The second kappa shape index (κ2) is 8.03. The van der Waals surface area contributed by atoms with Crippen LogP contribution in [0.1, 0.15) is 105 Å². The van der Waals surface area contributed by atoms with E-state index in [4.69, 9.17) is 0 Å². The molecule has 0 aromatic carbocycles. The number of hydrogen-bond donors (Lipinski definition) is 3. The smallest absolute Gasteiger partial charge is 0.0985 e. The largest absolute Gasteiger partial charge is 0.393 e. The highest BCUT2D eigenvalue weighted by molar-refractivity contribution is 5.17. The van der Waals surface area contributed by atoms with Gasteiger partial charge in [-0.3, -0.25) is 0 Å². The van der Waals surface area contributed by atoms with Crippen LogP contribution in [0.25, 0.3) is 0 Å². The Labute approximate surface area is 185 Å². The second-order valence-electron chi connectivity index (χ2n) is 12.9. The lowest BCUT2D eigenvalue weighted by Crippen LogP contribution is -2.68. The Morgan fingerprint density at radius 3 is 2.33 bits per heavy atom. The van der Waals surface area contributed by atoms with Crippen molar-refractivity contribution >= 4 is 0 Å². The van der Waals surface area contributed by atoms with Crippen LogP contribution >= 0.6 is 0 Å². The summed E-state index contributed by atoms with van der Waals surface area (Å²) >= 11 is 0. The summed E-state index contributed by atoms with van der Waals surface area (Å²) in [6.07, 6.45) is 10.7. The zero-order chi connectivity index (χ0) is 21.9. The van der Waals surface area contributed by atoms with Gasteiger partial charge in [0.05, 0.1) is 17.8 Å². The molecule has 3 heteroatoms. The summed E-state index contributed by atoms with van der Waals surface area (Å²) in [7, 11) is 0. The zero-order valence-electron chi connectivity index (χ0n) is 20.2. The molecule has 4 saturated carbocycles. The van der Waals surface area contributed by atoms with E-state index in [1.807, 2.05) is 0 Å². The maximum atomic E-state index is 11.6. The number of aliphatic hydroxyl groups excluding tert-OH is 2. The number of aliphatic hydroxyl groups is 3. The van der Waals surface area contributed by atoms with Crippen molar-refractivity contribution in [3.05, 3.63) is 0 Å². The maximum Gasteiger partial charge on any atom is 0.0985 e. The van der Waals surface area contributed by atoms with Gasteiger partial charge in [0.1, 0.15) is 0 Å². The second-order valence-corrected chi connectivity index (χ2v) is 12.9. The molecule has 3 N–H and O–H groups in total. The van der Waals surface area contributed by atoms with Gasteiger partial charge in [0.15, 0.2) is 0 Å². The Morgan fingerprint density at radius 2 is 1.63 bits per heavy atom. The van der Waals surface area contributed by atoms with Crippen LogP contribution in [0.5, 0.6) is 0 Å². The lowest BCUT2D eigenvalue weighted by atomic mass is 9.42. The van der Waals surface area contributed by atoms with Crippen molar-refractivity contribution in [1.82, 2.24) is 0 Å². The first-order valence-corrected chi connectivity index (χ1v) is 13.1. The quantitative estimate of drug-likeness (QED) is 0.546. The van der Waals surface area contributed by atoms with Crippen LogP contribution in [0.3, 0.4) is 0 Å². The van der Waals surface area contributed by atoms with E-state index < -0.39 is 17.8 Å². The van der Waals surface area contributed by atoms with Gasteiger partial charge in [-0.1, -0.05) is 53.9 Å². The van der Waals surface area contributed by atoms with Crippen LogP contribution in [0, 0.1) is 46.3 Å². The van der Waals surface area contributed by atoms with E-state index >= 15 is 0 Å². The lowest BCUT2D eigenvalue weighted by Gasteiger charge is -2.65. The third-order valence-corrected chi connectivity index (χ3v) is 11.0. The summed E-state index contributed by atoms with van der Waals surface area (Å²) in [6, 6.07) is 0. The van der Waals surface area contributed by atoms with Crippen molar-refractivity contribution in [2.75, 3.05) is 0 Å². The van der Waals surface area contributed by atoms with E-state index in [2.05, 4.69) is 34.6 Å². The highest BCUT2D eigenvalue weighted by Gasteiger charge is 2.67. The Kier molecular flexibility index (Phi) is 6.17. The number of hydrogen-bond acceptors (Lipinski definition) is 3. The molecule has 0 radical (unpaired) electrons. The topological polar surface area (TPSA) is 60.7 Å². The Bertz CT molecular complexity index is 619. The van der Waals surface area contributed by atoms with Gasteiger partial charge in [0, 0.05) is 11.8 Å². The minimum absolute atomic E-state index is 0.253. The first kappa shape index (κ1) is 23.1. The van der Waals surface area contributed by atoms with E-state index in [0.29, 0.717) is 29.6 Å². The summed E-state index contributed by atoms with van der Waals surface area (Å²) < 4.78 is 0. The molecule has 0 aromatic rings. The van der Waals surface area contributed by atoms with E-state index in [1.54, 1.807) is 0 Å². The van der Waals surface area contributed by atoms with Gasteiger partial charge in [-0.05, 0) is 85.9 Å². The van der Waals surface area contributed by atoms with Gasteiger partial charge in [0.2, 0.25) is 0 Å². The monoisotopic (exact) mass is 420 g/mol. The molecular formula is C27H48O3. The highest BCUT2D eigenvalue weighted by Crippen LogP contribution is 2.69. The molecule has 3 nitrogen and oxygen atoms in total. The van der Waals surface area contributed by atoms with Gasteiger partial charge < -0.3 is 15.3 Å². The molecule has 174 valence electrons. The van der Waals surface area contributed by atoms with Gasteiger partial charge in [-0.15, -0.1) is 0 Å². The molecule has 0 heterocycles. The van der Waals surface area contributed by atoms with Gasteiger partial charge in [-0.2, -0.15) is 0 Å². The summed E-state index contributed by atoms with van der Waals surface area (Å²) in [4.78, 5) is 0. The molecular weight excluding hydrogens is 372 g/mol. The van der Waals surface area contributed by atoms with Crippen LogP contribution in [0.2, 0.25) is 0 Å². The maximum absolute atomic E-state index is 11.6. The minimum atomic E-state index is -1.11. The molecule has 30 heavy (non-hydrogen) atoms. The molecule has 4 aliphatic carbocycles. The molecule has 0 bridgehead atoms. The first-order chi connectivity index (χ1) is 14.0. The Balaban J connectivity index is 1.53. The number of rotatable bonds is 5. The summed E-state index contributed by atoms with van der Waals surface area (Å²) in [5, 5.41) is 33.0. The molecule has 0 aliphatic heterocycles. The van der Waals surface area contributed by atoms with E-state index in [9.17, 15) is 15.3 Å². The SMILES string of the molecule is CC(C)CCCC(C)C1CCC2C3C[C@@H](O)[C@@]4(O)C[C@@H](O)CC[C@]4(C)C3CC[C@]12C. The predicted octanol–water partition coefficient (Wildman–Crippen LogP) is 5.55. The molecule has 0 spiro atoms. The van der Waals surface area contributed by atoms with Gasteiger partial charge in [0.25, 0.3) is 0 Å². The van der Waals surface area contributed by atoms with Gasteiger partial charge >= 0.3 is 0 Å². The van der Waals surface area contributed by atoms with E-state index in [0.717, 1.165) is 37.0 Å². The first-order valence-electron chi connectivity index (χ1n) is 13.1. The molecule has 0 amide bonds. The van der Waals surface area contributed by atoms with Gasteiger partial charge in [-0.25, -0.2) is 0 Å². The van der Waals surface area contributed by atoms with Crippen molar-refractivity contribution in [3.8, 4) is 0 Å². The fourth-order valence-corrected chi connectivity index (χ4v) is 9.29. The minimum Gasteiger partial charge on any atom is -0.393 e. The van der Waals surface area contributed by atoms with Crippen LogP contribution in [0.4, 0.5) is 0 Å². The van der Waals surface area contributed by atoms with Crippen LogP contribution in [-0.2, 0) is 0 Å². The Hall–Kier alpha value is -0.120. The average molecular weight is 421 g/mol. The van der Waals surface area contributed by atoms with Crippen LogP contribution in [-0.4, -0.2) is 33.1 Å². The Morgan fingerprint density at radius 1 is 0.900 bits per heavy atom. The number of fused-ring (bicyclic) bond motifs is 5. The molecule has 4 aliphatic rings. The summed E-state index contributed by atoms with van der Waals surface area (Å²) in [6.45, 7) is 12.0. The molecule has 0 saturated heterocycles. The standard InChI is InChI=1S/C27H48O3/c1-17(2)7-6-8-18(3)21-9-10-22-20-15-24(29)27(30)16-19(28)11-14-26(27,5)23(20)12-13-25(21,22)4/h17-24,28-30H,6-16H2,1-5H3/t18?,19-,20?,21?,22?,23?,24+,25+,26+,27-/m0/s1. The lowest BCUT2D eigenvalue weighted by molar-refractivity contribution is -0.264. The van der Waals surface area contributed by atoms with Crippen molar-refractivity contribution < 1.29 is 15.3 Å². The van der Waals surface area contributed by atoms with Crippen molar-refractivity contribution in [2.24, 2.45) is 46.3 Å². The molecule has 4 fully saturated rings. The summed E-state index contributed by atoms with van der Waals surface area (Å²) in [5.41, 5.74) is -0.962. The average Bonchev–Trinajstić information content (AvgIpc) is 3.01. The predicted molar refractivity (Wildman–Crippen MR) is 122 cm³/mol. The molecule has 10 atom stereocenters. The fourth-order valence-electron chi connectivity index (χ4n) is 9.29. The third-order valence-electron chi connectivity index (χ3n) is 11.0. The van der Waals surface area contributed by atoms with Crippen molar-refractivity contribution in [1.29, 1.82) is 0 Å². The third kappa shape index (κ3) is 3.41. The normalized spacial score (nSPS) is 51.9. The van der Waals surface area contributed by atoms with Crippen LogP contribution < -0.4 is 0 Å². The van der Waals surface area contributed by atoms with Crippen molar-refractivity contribution in [3.63, 3.8) is 0 Å².